The van der Waals surface area contributed by atoms with Crippen LogP contribution in [0.1, 0.15) is 10.4 Å². The van der Waals surface area contributed by atoms with Gasteiger partial charge < -0.3 is 15.4 Å². The molecule has 0 unspecified atom stereocenters. The number of aryl methyl sites for hydroxylation is 1. The Balaban J connectivity index is 1.47. The van der Waals surface area contributed by atoms with Crippen LogP contribution < -0.4 is 10.6 Å². The summed E-state index contributed by atoms with van der Waals surface area (Å²) in [5, 5.41) is 8.47. The number of carbonyl (C=O) groups is 1. The maximum atomic E-state index is 12.1. The molecule has 5 nitrogen and oxygen atoms in total. The summed E-state index contributed by atoms with van der Waals surface area (Å²) in [6, 6.07) is 9.98. The Kier molecular flexibility index (Phi) is 5.85. The molecule has 0 spiro atoms. The molecule has 0 radical (unpaired) electrons. The van der Waals surface area contributed by atoms with E-state index in [1.54, 1.807) is 11.3 Å². The van der Waals surface area contributed by atoms with Crippen LogP contribution in [0.15, 0.2) is 35.7 Å². The van der Waals surface area contributed by atoms with Gasteiger partial charge in [-0.15, -0.1) is 11.3 Å². The first-order valence-corrected chi connectivity index (χ1v) is 9.05. The molecule has 1 saturated heterocycles. The summed E-state index contributed by atoms with van der Waals surface area (Å²) in [5.74, 6) is 0.0202. The second-order valence-electron chi connectivity index (χ2n) is 5.89. The number of thiophene rings is 1. The van der Waals surface area contributed by atoms with E-state index in [0.29, 0.717) is 19.8 Å². The smallest absolute Gasteiger partial charge is 0.238 e. The molecular weight excluding hydrogens is 322 g/mol. The molecule has 1 aliphatic heterocycles. The van der Waals surface area contributed by atoms with Gasteiger partial charge in [0.2, 0.25) is 5.91 Å². The third-order valence-electron chi connectivity index (χ3n) is 4.06. The molecule has 2 aromatic rings. The van der Waals surface area contributed by atoms with Crippen LogP contribution in [0.3, 0.4) is 0 Å². The number of nitrogens with zero attached hydrogens (tertiary/aromatic N) is 1. The summed E-state index contributed by atoms with van der Waals surface area (Å²) in [6.45, 7) is 6.42. The van der Waals surface area contributed by atoms with Crippen molar-refractivity contribution in [2.75, 3.05) is 43.5 Å². The zero-order valence-corrected chi connectivity index (χ0v) is 14.7. The van der Waals surface area contributed by atoms with Crippen molar-refractivity contribution in [2.45, 2.75) is 13.5 Å². The summed E-state index contributed by atoms with van der Waals surface area (Å²) in [5.41, 5.74) is 3.19. The second kappa shape index (κ2) is 8.28. The first-order valence-electron chi connectivity index (χ1n) is 8.17. The number of benzene rings is 1. The lowest BCUT2D eigenvalue weighted by atomic mass is 10.2. The highest BCUT2D eigenvalue weighted by Crippen LogP contribution is 2.19. The van der Waals surface area contributed by atoms with Crippen LogP contribution in [-0.4, -0.2) is 43.7 Å². The molecule has 2 N–H and O–H groups in total. The van der Waals surface area contributed by atoms with Crippen molar-refractivity contribution in [3.8, 4) is 0 Å². The van der Waals surface area contributed by atoms with E-state index in [2.05, 4.69) is 33.9 Å². The van der Waals surface area contributed by atoms with Gasteiger partial charge in [0.1, 0.15) is 0 Å². The van der Waals surface area contributed by atoms with Crippen molar-refractivity contribution < 1.29 is 9.53 Å². The molecule has 0 bridgehead atoms. The molecule has 1 aliphatic rings. The fraction of sp³-hybridized carbons (Fsp3) is 0.389. The molecule has 0 saturated carbocycles. The number of morpholine rings is 1. The van der Waals surface area contributed by atoms with E-state index >= 15 is 0 Å². The van der Waals surface area contributed by atoms with Crippen LogP contribution in [0.5, 0.6) is 0 Å². The largest absolute Gasteiger partial charge is 0.380 e. The Bertz CT molecular complexity index is 663. The number of carbonyl (C=O) groups excluding carboxylic acids is 1. The van der Waals surface area contributed by atoms with E-state index in [-0.39, 0.29) is 5.91 Å². The molecule has 1 aromatic heterocycles. The number of anilines is 2. The lowest BCUT2D eigenvalue weighted by Crippen LogP contribution is -2.41. The molecule has 3 rings (SSSR count). The Morgan fingerprint density at radius 2 is 1.88 bits per heavy atom. The van der Waals surface area contributed by atoms with E-state index in [0.717, 1.165) is 31.0 Å². The van der Waals surface area contributed by atoms with Gasteiger partial charge in [0.15, 0.2) is 0 Å². The van der Waals surface area contributed by atoms with Crippen molar-refractivity contribution in [3.63, 3.8) is 0 Å². The van der Waals surface area contributed by atoms with Crippen LogP contribution in [-0.2, 0) is 16.1 Å². The fourth-order valence-corrected chi connectivity index (χ4v) is 3.45. The number of amides is 1. The van der Waals surface area contributed by atoms with E-state index in [4.69, 9.17) is 4.74 Å². The maximum absolute atomic E-state index is 12.1. The van der Waals surface area contributed by atoms with E-state index in [1.165, 1.54) is 10.4 Å². The Hall–Kier alpha value is -1.89. The van der Waals surface area contributed by atoms with Crippen molar-refractivity contribution in [1.82, 2.24) is 4.90 Å². The normalized spacial score (nSPS) is 15.2. The van der Waals surface area contributed by atoms with Gasteiger partial charge in [-0.2, -0.15) is 0 Å². The van der Waals surface area contributed by atoms with Gasteiger partial charge in [-0.1, -0.05) is 0 Å². The molecule has 6 heteroatoms. The molecule has 128 valence electrons. The van der Waals surface area contributed by atoms with Crippen LogP contribution in [0, 0.1) is 6.92 Å². The minimum Gasteiger partial charge on any atom is -0.380 e. The first-order chi connectivity index (χ1) is 11.7. The average molecular weight is 345 g/mol. The predicted molar refractivity (Wildman–Crippen MR) is 98.7 cm³/mol. The Morgan fingerprint density at radius 3 is 2.54 bits per heavy atom. The molecule has 0 atom stereocenters. The summed E-state index contributed by atoms with van der Waals surface area (Å²) >= 11 is 1.76. The van der Waals surface area contributed by atoms with E-state index in [1.807, 2.05) is 24.3 Å². The minimum absolute atomic E-state index is 0.0202. The van der Waals surface area contributed by atoms with Gasteiger partial charge >= 0.3 is 0 Å². The number of ether oxygens (including phenoxy) is 1. The predicted octanol–water partition coefficient (Wildman–Crippen LogP) is 2.94. The zero-order valence-electron chi connectivity index (χ0n) is 13.9. The number of rotatable bonds is 6. The highest BCUT2D eigenvalue weighted by Gasteiger charge is 2.14. The number of hydrogen-bond acceptors (Lipinski definition) is 5. The van der Waals surface area contributed by atoms with Gasteiger partial charge in [-0.25, -0.2) is 0 Å². The molecule has 2 heterocycles. The molecular formula is C18H23N3O2S. The summed E-state index contributed by atoms with van der Waals surface area (Å²) < 4.78 is 5.29. The van der Waals surface area contributed by atoms with Gasteiger partial charge in [0.25, 0.3) is 0 Å². The molecule has 1 amide bonds. The maximum Gasteiger partial charge on any atom is 0.238 e. The SMILES string of the molecule is Cc1ccsc1CNc1ccc(NC(=O)CN2CCOCC2)cc1. The topological polar surface area (TPSA) is 53.6 Å². The molecule has 24 heavy (non-hydrogen) atoms. The van der Waals surface area contributed by atoms with E-state index in [9.17, 15) is 4.79 Å². The summed E-state index contributed by atoms with van der Waals surface area (Å²) in [7, 11) is 0. The summed E-state index contributed by atoms with van der Waals surface area (Å²) in [4.78, 5) is 15.5. The Morgan fingerprint density at radius 1 is 1.17 bits per heavy atom. The first kappa shape index (κ1) is 17.0. The van der Waals surface area contributed by atoms with E-state index < -0.39 is 0 Å². The van der Waals surface area contributed by atoms with Crippen molar-refractivity contribution in [3.05, 3.63) is 46.2 Å². The van der Waals surface area contributed by atoms with Crippen molar-refractivity contribution >= 4 is 28.6 Å². The van der Waals surface area contributed by atoms with Gasteiger partial charge in [0.05, 0.1) is 19.8 Å². The van der Waals surface area contributed by atoms with Crippen molar-refractivity contribution in [2.24, 2.45) is 0 Å². The molecule has 1 fully saturated rings. The van der Waals surface area contributed by atoms with Gasteiger partial charge in [-0.3, -0.25) is 9.69 Å². The van der Waals surface area contributed by atoms with Gasteiger partial charge in [-0.05, 0) is 48.2 Å². The molecule has 1 aromatic carbocycles. The average Bonchev–Trinajstić information content (AvgIpc) is 3.00. The second-order valence-corrected chi connectivity index (χ2v) is 6.90. The van der Waals surface area contributed by atoms with Gasteiger partial charge in [0, 0.05) is 35.9 Å². The zero-order chi connectivity index (χ0) is 16.8. The van der Waals surface area contributed by atoms with Crippen LogP contribution in [0.4, 0.5) is 11.4 Å². The Labute approximate surface area is 146 Å². The van der Waals surface area contributed by atoms with Crippen LogP contribution in [0.2, 0.25) is 0 Å². The minimum atomic E-state index is 0.0202. The highest BCUT2D eigenvalue weighted by molar-refractivity contribution is 7.10. The number of hydrogen-bond donors (Lipinski definition) is 2. The standard InChI is InChI=1S/C18H23N3O2S/c1-14-6-11-24-17(14)12-19-15-2-4-16(5-3-15)20-18(22)13-21-7-9-23-10-8-21/h2-6,11,19H,7-10,12-13H2,1H3,(H,20,22). The lowest BCUT2D eigenvalue weighted by Gasteiger charge is -2.25. The highest BCUT2D eigenvalue weighted by atomic mass is 32.1. The van der Waals surface area contributed by atoms with Crippen LogP contribution in [0.25, 0.3) is 0 Å². The lowest BCUT2D eigenvalue weighted by molar-refractivity contribution is -0.118. The quantitative estimate of drug-likeness (QED) is 0.845. The monoisotopic (exact) mass is 345 g/mol. The third-order valence-corrected chi connectivity index (χ3v) is 5.08. The van der Waals surface area contributed by atoms with Crippen LogP contribution >= 0.6 is 11.3 Å². The van der Waals surface area contributed by atoms with Crippen molar-refractivity contribution in [1.29, 1.82) is 0 Å². The third kappa shape index (κ3) is 4.80. The number of nitrogens with one attached hydrogen (secondary N) is 2. The summed E-state index contributed by atoms with van der Waals surface area (Å²) in [6.07, 6.45) is 0. The molecule has 0 aliphatic carbocycles. The fourth-order valence-electron chi connectivity index (χ4n) is 2.60.